The number of thioether (sulfide) groups is 1. The Bertz CT molecular complexity index is 382. The molecule has 0 aliphatic rings. The molecule has 0 amide bonds. The molecule has 0 saturated carbocycles. The Balaban J connectivity index is 2.58. The number of halogens is 1. The molecule has 0 aromatic heterocycles. The fourth-order valence-corrected chi connectivity index (χ4v) is 2.28. The summed E-state index contributed by atoms with van der Waals surface area (Å²) in [5.41, 5.74) is 1.68. The van der Waals surface area contributed by atoms with Crippen molar-refractivity contribution in [1.29, 1.82) is 0 Å². The van der Waals surface area contributed by atoms with Gasteiger partial charge in [0.1, 0.15) is 5.82 Å². The van der Waals surface area contributed by atoms with Gasteiger partial charge in [-0.3, -0.25) is 0 Å². The van der Waals surface area contributed by atoms with E-state index in [2.05, 4.69) is 25.4 Å². The smallest absolute Gasteiger partial charge is 0.146 e. The highest BCUT2D eigenvalue weighted by Gasteiger charge is 2.08. The summed E-state index contributed by atoms with van der Waals surface area (Å²) in [6.45, 7) is 6.87. The summed E-state index contributed by atoms with van der Waals surface area (Å²) in [4.78, 5) is 1.97. The first-order valence-electron chi connectivity index (χ1n) is 6.73. The van der Waals surface area contributed by atoms with Gasteiger partial charge in [-0.15, -0.1) is 0 Å². The maximum atomic E-state index is 14.0. The van der Waals surface area contributed by atoms with Gasteiger partial charge in [0.05, 0.1) is 5.69 Å². The molecule has 0 bridgehead atoms. The Hall–Kier alpha value is -0.740. The number of nitrogens with zero attached hydrogens (tertiary/aromatic N) is 1. The number of benzene rings is 1. The number of hydrogen-bond acceptors (Lipinski definition) is 3. The van der Waals surface area contributed by atoms with Crippen LogP contribution in [0.1, 0.15) is 19.4 Å². The topological polar surface area (TPSA) is 15.3 Å². The van der Waals surface area contributed by atoms with Crippen molar-refractivity contribution >= 4 is 17.4 Å². The van der Waals surface area contributed by atoms with Crippen LogP contribution in [0.25, 0.3) is 0 Å². The molecule has 0 atom stereocenters. The van der Waals surface area contributed by atoms with Gasteiger partial charge in [-0.2, -0.15) is 11.8 Å². The van der Waals surface area contributed by atoms with Crippen LogP contribution < -0.4 is 10.2 Å². The molecule has 4 heteroatoms. The summed E-state index contributed by atoms with van der Waals surface area (Å²) in [6.07, 6.45) is 2.06. The van der Waals surface area contributed by atoms with Crippen molar-refractivity contribution in [3.8, 4) is 0 Å². The third-order valence-corrected chi connectivity index (χ3v) is 3.53. The Morgan fingerprint density at radius 3 is 2.68 bits per heavy atom. The van der Waals surface area contributed by atoms with E-state index in [0.29, 0.717) is 11.6 Å². The zero-order chi connectivity index (χ0) is 14.3. The first-order chi connectivity index (χ1) is 9.04. The lowest BCUT2D eigenvalue weighted by molar-refractivity contribution is 0.550. The van der Waals surface area contributed by atoms with Crippen LogP contribution >= 0.6 is 11.8 Å². The van der Waals surface area contributed by atoms with Crippen LogP contribution in [0.2, 0.25) is 0 Å². The zero-order valence-corrected chi connectivity index (χ0v) is 13.2. The quantitative estimate of drug-likeness (QED) is 0.788. The van der Waals surface area contributed by atoms with E-state index in [9.17, 15) is 4.39 Å². The molecule has 1 N–H and O–H groups in total. The zero-order valence-electron chi connectivity index (χ0n) is 12.4. The van der Waals surface area contributed by atoms with E-state index in [0.717, 1.165) is 31.0 Å². The highest BCUT2D eigenvalue weighted by Crippen LogP contribution is 2.19. The van der Waals surface area contributed by atoms with E-state index < -0.39 is 0 Å². The van der Waals surface area contributed by atoms with Crippen LogP contribution in [0.3, 0.4) is 0 Å². The van der Waals surface area contributed by atoms with E-state index in [1.54, 1.807) is 17.8 Å². The van der Waals surface area contributed by atoms with Crippen molar-refractivity contribution in [1.82, 2.24) is 5.32 Å². The first kappa shape index (κ1) is 16.3. The highest BCUT2D eigenvalue weighted by molar-refractivity contribution is 7.98. The van der Waals surface area contributed by atoms with Crippen molar-refractivity contribution in [2.24, 2.45) is 5.92 Å². The first-order valence-corrected chi connectivity index (χ1v) is 8.13. The molecule has 0 spiro atoms. The summed E-state index contributed by atoms with van der Waals surface area (Å²) in [7, 11) is 1.94. The number of rotatable bonds is 8. The molecule has 0 unspecified atom stereocenters. The average molecular weight is 284 g/mol. The fraction of sp³-hybridized carbons (Fsp3) is 0.600. The predicted octanol–water partition coefficient (Wildman–Crippen LogP) is 3.37. The van der Waals surface area contributed by atoms with Crippen LogP contribution in [-0.2, 0) is 6.54 Å². The van der Waals surface area contributed by atoms with Gasteiger partial charge < -0.3 is 10.2 Å². The lowest BCUT2D eigenvalue weighted by Crippen LogP contribution is -2.22. The van der Waals surface area contributed by atoms with Crippen molar-refractivity contribution in [3.05, 3.63) is 29.6 Å². The Kier molecular flexibility index (Phi) is 7.24. The Morgan fingerprint density at radius 1 is 1.37 bits per heavy atom. The van der Waals surface area contributed by atoms with Gasteiger partial charge in [0.2, 0.25) is 0 Å². The van der Waals surface area contributed by atoms with Crippen LogP contribution in [-0.4, -0.2) is 32.1 Å². The normalized spacial score (nSPS) is 11.1. The molecule has 0 aliphatic heterocycles. The van der Waals surface area contributed by atoms with Gasteiger partial charge in [-0.05, 0) is 36.4 Å². The second-order valence-corrected chi connectivity index (χ2v) is 6.21. The van der Waals surface area contributed by atoms with Gasteiger partial charge in [0, 0.05) is 25.9 Å². The van der Waals surface area contributed by atoms with Crippen LogP contribution in [0, 0.1) is 11.7 Å². The SMILES string of the molecule is CSCCN(C)c1ccc(CNCC(C)C)cc1F. The van der Waals surface area contributed by atoms with E-state index in [-0.39, 0.29) is 5.82 Å². The highest BCUT2D eigenvalue weighted by atomic mass is 32.2. The summed E-state index contributed by atoms with van der Waals surface area (Å²) in [5, 5.41) is 3.33. The second kappa shape index (κ2) is 8.43. The van der Waals surface area contributed by atoms with Gasteiger partial charge in [0.15, 0.2) is 0 Å². The second-order valence-electron chi connectivity index (χ2n) is 5.22. The van der Waals surface area contributed by atoms with Crippen molar-refractivity contribution < 1.29 is 4.39 Å². The molecule has 1 rings (SSSR count). The van der Waals surface area contributed by atoms with Crippen LogP contribution in [0.4, 0.5) is 10.1 Å². The van der Waals surface area contributed by atoms with Crippen molar-refractivity contribution in [2.75, 3.05) is 37.0 Å². The molecule has 1 aromatic carbocycles. The van der Waals surface area contributed by atoms with Gasteiger partial charge in [-0.25, -0.2) is 4.39 Å². The molecule has 19 heavy (non-hydrogen) atoms. The Labute approximate surface area is 120 Å². The number of nitrogens with one attached hydrogen (secondary N) is 1. The molecule has 108 valence electrons. The third-order valence-electron chi connectivity index (χ3n) is 2.94. The molecule has 0 heterocycles. The van der Waals surface area contributed by atoms with Crippen LogP contribution in [0.15, 0.2) is 18.2 Å². The third kappa shape index (κ3) is 5.83. The van der Waals surface area contributed by atoms with E-state index in [1.807, 2.05) is 24.1 Å². The predicted molar refractivity (Wildman–Crippen MR) is 84.6 cm³/mol. The summed E-state index contributed by atoms with van der Waals surface area (Å²) >= 11 is 1.77. The van der Waals surface area contributed by atoms with Crippen molar-refractivity contribution in [3.63, 3.8) is 0 Å². The van der Waals surface area contributed by atoms with Gasteiger partial charge in [-0.1, -0.05) is 19.9 Å². The molecule has 0 aliphatic carbocycles. The molecular weight excluding hydrogens is 259 g/mol. The van der Waals surface area contributed by atoms with Gasteiger partial charge >= 0.3 is 0 Å². The largest absolute Gasteiger partial charge is 0.371 e. The lowest BCUT2D eigenvalue weighted by atomic mass is 10.1. The van der Waals surface area contributed by atoms with Crippen molar-refractivity contribution in [2.45, 2.75) is 20.4 Å². The molecule has 0 fully saturated rings. The maximum Gasteiger partial charge on any atom is 0.146 e. The summed E-state index contributed by atoms with van der Waals surface area (Å²) in [5.74, 6) is 1.49. The van der Waals surface area contributed by atoms with E-state index in [1.165, 1.54) is 0 Å². The molecule has 2 nitrogen and oxygen atoms in total. The number of hydrogen-bond donors (Lipinski definition) is 1. The Morgan fingerprint density at radius 2 is 2.11 bits per heavy atom. The van der Waals surface area contributed by atoms with E-state index in [4.69, 9.17) is 0 Å². The van der Waals surface area contributed by atoms with E-state index >= 15 is 0 Å². The minimum atomic E-state index is -0.132. The molecule has 0 saturated heterocycles. The minimum absolute atomic E-state index is 0.132. The minimum Gasteiger partial charge on any atom is -0.371 e. The van der Waals surface area contributed by atoms with Crippen LogP contribution in [0.5, 0.6) is 0 Å². The molecule has 0 radical (unpaired) electrons. The standard InChI is InChI=1S/C15H25FN2S/c1-12(2)10-17-11-13-5-6-15(14(16)9-13)18(3)7-8-19-4/h5-6,9,12,17H,7-8,10-11H2,1-4H3. The lowest BCUT2D eigenvalue weighted by Gasteiger charge is -2.20. The summed E-state index contributed by atoms with van der Waals surface area (Å²) in [6, 6.07) is 5.52. The fourth-order valence-electron chi connectivity index (χ4n) is 1.82. The summed E-state index contributed by atoms with van der Waals surface area (Å²) < 4.78 is 14.0. The van der Waals surface area contributed by atoms with Gasteiger partial charge in [0.25, 0.3) is 0 Å². The monoisotopic (exact) mass is 284 g/mol. The maximum absolute atomic E-state index is 14.0. The average Bonchev–Trinajstić information content (AvgIpc) is 2.35. The molecule has 1 aromatic rings. The molecular formula is C15H25FN2S. The number of anilines is 1.